The van der Waals surface area contributed by atoms with E-state index in [9.17, 15) is 9.59 Å². The average Bonchev–Trinajstić information content (AvgIpc) is 3.07. The number of fused-ring (bicyclic) bond motifs is 1. The van der Waals surface area contributed by atoms with Gasteiger partial charge in [0.2, 0.25) is 5.91 Å². The van der Waals surface area contributed by atoms with Gasteiger partial charge >= 0.3 is 0 Å². The van der Waals surface area contributed by atoms with E-state index >= 15 is 0 Å². The molecule has 1 heterocycles. The first-order valence-electron chi connectivity index (χ1n) is 8.33. The lowest BCUT2D eigenvalue weighted by Crippen LogP contribution is -2.44. The Bertz CT molecular complexity index is 872. The van der Waals surface area contributed by atoms with Gasteiger partial charge in [-0.3, -0.25) is 20.4 Å². The molecule has 0 aliphatic rings. The molecule has 2 aromatic carbocycles. The molecule has 3 N–H and O–H groups in total. The summed E-state index contributed by atoms with van der Waals surface area (Å²) >= 11 is 1.48. The minimum atomic E-state index is -0.326. The number of hydrazine groups is 1. The number of carbonyl (C=O) groups excluding carboxylic acids is 2. The summed E-state index contributed by atoms with van der Waals surface area (Å²) in [4.78, 5) is 28.0. The molecule has 3 aromatic rings. The Morgan fingerprint density at radius 2 is 1.73 bits per heavy atom. The first kappa shape index (κ1) is 17.9. The van der Waals surface area contributed by atoms with Crippen LogP contribution in [0.25, 0.3) is 10.2 Å². The standard InChI is InChI=1S/C19H20N4O2S/c1-13-6-8-14(9-7-13)10-11-17(24)22-23-18(25)12-20-19-21-15-4-2-3-5-16(15)26-19/h2-9H,10-12H2,1H3,(H,20,21)(H,22,24)(H,23,25). The van der Waals surface area contributed by atoms with Gasteiger partial charge in [-0.05, 0) is 31.0 Å². The highest BCUT2D eigenvalue weighted by atomic mass is 32.1. The highest BCUT2D eigenvalue weighted by Crippen LogP contribution is 2.24. The number of rotatable bonds is 6. The Kier molecular flexibility index (Phi) is 5.80. The van der Waals surface area contributed by atoms with Crippen molar-refractivity contribution in [3.8, 4) is 0 Å². The van der Waals surface area contributed by atoms with Crippen molar-refractivity contribution in [3.63, 3.8) is 0 Å². The third-order valence-corrected chi connectivity index (χ3v) is 4.79. The maximum absolute atomic E-state index is 11.8. The maximum Gasteiger partial charge on any atom is 0.257 e. The number of aryl methyl sites for hydroxylation is 2. The molecule has 0 saturated heterocycles. The van der Waals surface area contributed by atoms with Crippen LogP contribution in [-0.4, -0.2) is 23.3 Å². The fraction of sp³-hybridized carbons (Fsp3) is 0.211. The first-order chi connectivity index (χ1) is 12.6. The molecule has 0 unspecified atom stereocenters. The van der Waals surface area contributed by atoms with E-state index < -0.39 is 0 Å². The minimum Gasteiger partial charge on any atom is -0.352 e. The number of hydrogen-bond acceptors (Lipinski definition) is 5. The van der Waals surface area contributed by atoms with E-state index in [1.807, 2.05) is 55.5 Å². The zero-order valence-electron chi connectivity index (χ0n) is 14.4. The van der Waals surface area contributed by atoms with Crippen molar-refractivity contribution in [3.05, 3.63) is 59.7 Å². The molecule has 2 amide bonds. The molecule has 0 atom stereocenters. The Morgan fingerprint density at radius 3 is 2.50 bits per heavy atom. The molecule has 0 aliphatic heterocycles. The van der Waals surface area contributed by atoms with E-state index in [1.165, 1.54) is 16.9 Å². The zero-order valence-corrected chi connectivity index (χ0v) is 15.2. The summed E-state index contributed by atoms with van der Waals surface area (Å²) in [6, 6.07) is 15.8. The quantitative estimate of drug-likeness (QED) is 0.584. The van der Waals surface area contributed by atoms with Crippen LogP contribution in [0.2, 0.25) is 0 Å². The largest absolute Gasteiger partial charge is 0.352 e. The van der Waals surface area contributed by atoms with Crippen LogP contribution in [0.5, 0.6) is 0 Å². The lowest BCUT2D eigenvalue weighted by Gasteiger charge is -2.08. The molecular formula is C19H20N4O2S. The maximum atomic E-state index is 11.8. The van der Waals surface area contributed by atoms with Crippen molar-refractivity contribution in [1.29, 1.82) is 0 Å². The Balaban J connectivity index is 1.37. The summed E-state index contributed by atoms with van der Waals surface area (Å²) in [5.41, 5.74) is 8.01. The van der Waals surface area contributed by atoms with Crippen molar-refractivity contribution < 1.29 is 9.59 Å². The van der Waals surface area contributed by atoms with Crippen LogP contribution in [-0.2, 0) is 16.0 Å². The summed E-state index contributed by atoms with van der Waals surface area (Å²) in [7, 11) is 0. The summed E-state index contributed by atoms with van der Waals surface area (Å²) < 4.78 is 1.06. The summed E-state index contributed by atoms with van der Waals surface area (Å²) in [5.74, 6) is -0.549. The van der Waals surface area contributed by atoms with Gasteiger partial charge in [-0.15, -0.1) is 0 Å². The second kappa shape index (κ2) is 8.44. The normalized spacial score (nSPS) is 10.5. The van der Waals surface area contributed by atoms with E-state index in [1.54, 1.807) is 0 Å². The van der Waals surface area contributed by atoms with E-state index in [2.05, 4.69) is 21.2 Å². The number of hydrogen-bond donors (Lipinski definition) is 3. The summed E-state index contributed by atoms with van der Waals surface area (Å²) in [5, 5.41) is 3.64. The zero-order chi connectivity index (χ0) is 18.4. The lowest BCUT2D eigenvalue weighted by atomic mass is 10.1. The molecule has 0 saturated carbocycles. The van der Waals surface area contributed by atoms with Gasteiger partial charge in [0.05, 0.1) is 16.8 Å². The molecule has 0 fully saturated rings. The fourth-order valence-electron chi connectivity index (χ4n) is 2.36. The number of amides is 2. The van der Waals surface area contributed by atoms with Crippen LogP contribution in [0.4, 0.5) is 5.13 Å². The van der Waals surface area contributed by atoms with Gasteiger partial charge < -0.3 is 5.32 Å². The molecule has 0 bridgehead atoms. The van der Waals surface area contributed by atoms with Crippen LogP contribution in [0.3, 0.4) is 0 Å². The van der Waals surface area contributed by atoms with Crippen molar-refractivity contribution in [2.24, 2.45) is 0 Å². The molecular weight excluding hydrogens is 348 g/mol. The first-order valence-corrected chi connectivity index (χ1v) is 9.14. The highest BCUT2D eigenvalue weighted by Gasteiger charge is 2.07. The Labute approximate surface area is 155 Å². The van der Waals surface area contributed by atoms with E-state index in [0.29, 0.717) is 18.0 Å². The number of aromatic nitrogens is 1. The van der Waals surface area contributed by atoms with Gasteiger partial charge in [-0.1, -0.05) is 53.3 Å². The molecule has 0 radical (unpaired) electrons. The van der Waals surface area contributed by atoms with Crippen LogP contribution >= 0.6 is 11.3 Å². The van der Waals surface area contributed by atoms with Gasteiger partial charge in [0, 0.05) is 6.42 Å². The van der Waals surface area contributed by atoms with E-state index in [0.717, 1.165) is 15.8 Å². The topological polar surface area (TPSA) is 83.1 Å². The number of anilines is 1. The van der Waals surface area contributed by atoms with Gasteiger partial charge in [0.15, 0.2) is 5.13 Å². The third kappa shape index (κ3) is 5.03. The van der Waals surface area contributed by atoms with Crippen LogP contribution in [0, 0.1) is 6.92 Å². The third-order valence-electron chi connectivity index (χ3n) is 3.80. The second-order valence-electron chi connectivity index (χ2n) is 5.92. The number of para-hydroxylation sites is 1. The Hall–Kier alpha value is -2.93. The predicted octanol–water partition coefficient (Wildman–Crippen LogP) is 2.80. The van der Waals surface area contributed by atoms with Crippen LogP contribution in [0.15, 0.2) is 48.5 Å². The summed E-state index contributed by atoms with van der Waals surface area (Å²) in [6.45, 7) is 2.06. The second-order valence-corrected chi connectivity index (χ2v) is 6.95. The smallest absolute Gasteiger partial charge is 0.257 e. The van der Waals surface area contributed by atoms with Crippen LogP contribution < -0.4 is 16.2 Å². The molecule has 6 nitrogen and oxygen atoms in total. The van der Waals surface area contributed by atoms with Crippen LogP contribution in [0.1, 0.15) is 17.5 Å². The number of thiazole rings is 1. The van der Waals surface area contributed by atoms with Gasteiger partial charge in [0.25, 0.3) is 5.91 Å². The van der Waals surface area contributed by atoms with Crippen molar-refractivity contribution in [2.75, 3.05) is 11.9 Å². The Morgan fingerprint density at radius 1 is 1.00 bits per heavy atom. The van der Waals surface area contributed by atoms with Crippen molar-refractivity contribution in [2.45, 2.75) is 19.8 Å². The number of nitrogens with one attached hydrogen (secondary N) is 3. The number of carbonyl (C=O) groups is 2. The molecule has 7 heteroatoms. The minimum absolute atomic E-state index is 0.0397. The van der Waals surface area contributed by atoms with E-state index in [-0.39, 0.29) is 18.4 Å². The fourth-order valence-corrected chi connectivity index (χ4v) is 3.22. The highest BCUT2D eigenvalue weighted by molar-refractivity contribution is 7.22. The van der Waals surface area contributed by atoms with Crippen molar-refractivity contribution in [1.82, 2.24) is 15.8 Å². The molecule has 26 heavy (non-hydrogen) atoms. The number of nitrogens with zero attached hydrogens (tertiary/aromatic N) is 1. The predicted molar refractivity (Wildman–Crippen MR) is 104 cm³/mol. The number of benzene rings is 2. The molecule has 3 rings (SSSR count). The molecule has 0 spiro atoms. The van der Waals surface area contributed by atoms with E-state index in [4.69, 9.17) is 0 Å². The molecule has 0 aliphatic carbocycles. The lowest BCUT2D eigenvalue weighted by molar-refractivity contribution is -0.128. The van der Waals surface area contributed by atoms with Gasteiger partial charge in [-0.2, -0.15) is 0 Å². The van der Waals surface area contributed by atoms with Gasteiger partial charge in [0.1, 0.15) is 0 Å². The SMILES string of the molecule is Cc1ccc(CCC(=O)NNC(=O)CNc2nc3ccccc3s2)cc1. The molecule has 134 valence electrons. The van der Waals surface area contributed by atoms with Crippen molar-refractivity contribution >= 4 is 38.5 Å². The average molecular weight is 368 g/mol. The monoisotopic (exact) mass is 368 g/mol. The summed E-state index contributed by atoms with van der Waals surface area (Å²) in [6.07, 6.45) is 0.945. The van der Waals surface area contributed by atoms with Gasteiger partial charge in [-0.25, -0.2) is 4.98 Å². The molecule has 1 aromatic heterocycles.